The Balaban J connectivity index is 2.04. The second-order valence-electron chi connectivity index (χ2n) is 5.29. The van der Waals surface area contributed by atoms with Crippen LogP contribution in [-0.4, -0.2) is 40.8 Å². The highest BCUT2D eigenvalue weighted by Gasteiger charge is 2.20. The first-order valence-corrected chi connectivity index (χ1v) is 7.16. The molecular weight excluding hydrogens is 240 g/mol. The zero-order valence-corrected chi connectivity index (χ0v) is 11.6. The molecule has 106 valence electrons. The molecule has 19 heavy (non-hydrogen) atoms. The number of rotatable bonds is 5. The van der Waals surface area contributed by atoms with Crippen molar-refractivity contribution in [1.82, 2.24) is 10.2 Å². The third-order valence-corrected chi connectivity index (χ3v) is 3.72. The summed E-state index contributed by atoms with van der Waals surface area (Å²) >= 11 is 0. The van der Waals surface area contributed by atoms with Gasteiger partial charge in [-0.25, -0.2) is 0 Å². The molecule has 3 N–H and O–H groups in total. The normalized spacial score (nSPS) is 19.8. The van der Waals surface area contributed by atoms with Crippen molar-refractivity contribution in [2.75, 3.05) is 19.6 Å². The van der Waals surface area contributed by atoms with Gasteiger partial charge in [-0.3, -0.25) is 4.90 Å². The van der Waals surface area contributed by atoms with Crippen molar-refractivity contribution in [2.45, 2.75) is 38.8 Å². The molecule has 4 heteroatoms. The lowest BCUT2D eigenvalue weighted by Crippen LogP contribution is -2.45. The molecule has 0 aromatic heterocycles. The Bertz CT molecular complexity index is 403. The maximum absolute atomic E-state index is 9.57. The highest BCUT2D eigenvalue weighted by atomic mass is 16.3. The molecule has 0 radical (unpaired) electrons. The first kappa shape index (κ1) is 14.2. The van der Waals surface area contributed by atoms with Gasteiger partial charge in [0.1, 0.15) is 0 Å². The number of phenols is 2. The standard InChI is InChI=1S/C15H24N2O2/c1-2-8-17(13-4-3-7-16-10-13)11-12-5-6-14(18)15(19)9-12/h5-6,9,13,16,18-19H,2-4,7-8,10-11H2,1H3. The molecule has 0 saturated carbocycles. The number of piperidine rings is 1. The molecule has 1 fully saturated rings. The van der Waals surface area contributed by atoms with Crippen LogP contribution >= 0.6 is 0 Å². The Morgan fingerprint density at radius 3 is 2.79 bits per heavy atom. The van der Waals surface area contributed by atoms with E-state index < -0.39 is 0 Å². The molecule has 0 bridgehead atoms. The summed E-state index contributed by atoms with van der Waals surface area (Å²) in [5.41, 5.74) is 1.05. The Labute approximate surface area is 115 Å². The Kier molecular flexibility index (Phi) is 5.05. The molecule has 4 nitrogen and oxygen atoms in total. The van der Waals surface area contributed by atoms with E-state index in [0.29, 0.717) is 6.04 Å². The summed E-state index contributed by atoms with van der Waals surface area (Å²) in [5, 5.41) is 22.4. The lowest BCUT2D eigenvalue weighted by Gasteiger charge is -2.34. The third kappa shape index (κ3) is 3.85. The van der Waals surface area contributed by atoms with Gasteiger partial charge in [-0.2, -0.15) is 0 Å². The number of hydrogen-bond donors (Lipinski definition) is 3. The van der Waals surface area contributed by atoms with Crippen LogP contribution < -0.4 is 5.32 Å². The van der Waals surface area contributed by atoms with Crippen LogP contribution in [0, 0.1) is 0 Å². The Morgan fingerprint density at radius 2 is 2.16 bits per heavy atom. The fraction of sp³-hybridized carbons (Fsp3) is 0.600. The quantitative estimate of drug-likeness (QED) is 0.713. The fourth-order valence-electron chi connectivity index (χ4n) is 2.72. The van der Waals surface area contributed by atoms with Crippen molar-refractivity contribution in [2.24, 2.45) is 0 Å². The van der Waals surface area contributed by atoms with E-state index >= 15 is 0 Å². The van der Waals surface area contributed by atoms with Gasteiger partial charge in [0.05, 0.1) is 0 Å². The summed E-state index contributed by atoms with van der Waals surface area (Å²) in [6.07, 6.45) is 3.59. The first-order chi connectivity index (χ1) is 9.20. The first-order valence-electron chi connectivity index (χ1n) is 7.16. The van der Waals surface area contributed by atoms with Crippen LogP contribution in [0.15, 0.2) is 18.2 Å². The molecule has 0 aliphatic carbocycles. The predicted octanol–water partition coefficient (Wildman–Crippen LogP) is 2.06. The summed E-state index contributed by atoms with van der Waals surface area (Å²) in [5.74, 6) is -0.0826. The molecule has 1 heterocycles. The molecule has 0 spiro atoms. The SMILES string of the molecule is CCCN(Cc1ccc(O)c(O)c1)C1CCCNC1. The van der Waals surface area contributed by atoms with Gasteiger partial charge in [-0.1, -0.05) is 13.0 Å². The van der Waals surface area contributed by atoms with E-state index in [2.05, 4.69) is 17.1 Å². The van der Waals surface area contributed by atoms with Crippen molar-refractivity contribution < 1.29 is 10.2 Å². The van der Waals surface area contributed by atoms with Crippen LogP contribution in [0.3, 0.4) is 0 Å². The second kappa shape index (κ2) is 6.78. The lowest BCUT2D eigenvalue weighted by molar-refractivity contribution is 0.158. The average Bonchev–Trinajstić information content (AvgIpc) is 2.43. The van der Waals surface area contributed by atoms with Gasteiger partial charge in [-0.15, -0.1) is 0 Å². The lowest BCUT2D eigenvalue weighted by atomic mass is 10.0. The van der Waals surface area contributed by atoms with Gasteiger partial charge in [0.15, 0.2) is 11.5 Å². The fourth-order valence-corrected chi connectivity index (χ4v) is 2.72. The van der Waals surface area contributed by atoms with Crippen molar-refractivity contribution in [3.8, 4) is 11.5 Å². The summed E-state index contributed by atoms with van der Waals surface area (Å²) in [6, 6.07) is 5.68. The maximum Gasteiger partial charge on any atom is 0.157 e. The second-order valence-corrected chi connectivity index (χ2v) is 5.29. The number of aromatic hydroxyl groups is 2. The van der Waals surface area contributed by atoms with Crippen molar-refractivity contribution in [3.63, 3.8) is 0 Å². The van der Waals surface area contributed by atoms with E-state index in [1.165, 1.54) is 12.8 Å². The van der Waals surface area contributed by atoms with Gasteiger partial charge in [0, 0.05) is 19.1 Å². The van der Waals surface area contributed by atoms with Gasteiger partial charge >= 0.3 is 0 Å². The zero-order valence-electron chi connectivity index (χ0n) is 11.6. The summed E-state index contributed by atoms with van der Waals surface area (Å²) in [6.45, 7) is 6.25. The minimum absolute atomic E-state index is 0.0317. The minimum atomic E-state index is -0.0508. The molecule has 0 amide bonds. The van der Waals surface area contributed by atoms with E-state index in [1.54, 1.807) is 12.1 Å². The summed E-state index contributed by atoms with van der Waals surface area (Å²) in [7, 11) is 0. The van der Waals surface area contributed by atoms with Crippen LogP contribution in [0.2, 0.25) is 0 Å². The molecule has 1 aliphatic heterocycles. The number of phenolic OH excluding ortho intramolecular Hbond substituents is 2. The molecule has 2 rings (SSSR count). The van der Waals surface area contributed by atoms with E-state index in [1.807, 2.05) is 6.07 Å². The zero-order chi connectivity index (χ0) is 13.7. The highest BCUT2D eigenvalue weighted by Crippen LogP contribution is 2.26. The van der Waals surface area contributed by atoms with Gasteiger partial charge in [-0.05, 0) is 50.0 Å². The van der Waals surface area contributed by atoms with Crippen LogP contribution in [0.25, 0.3) is 0 Å². The minimum Gasteiger partial charge on any atom is -0.504 e. The number of nitrogens with one attached hydrogen (secondary N) is 1. The monoisotopic (exact) mass is 264 g/mol. The van der Waals surface area contributed by atoms with E-state index in [0.717, 1.165) is 38.2 Å². The number of hydrogen-bond acceptors (Lipinski definition) is 4. The van der Waals surface area contributed by atoms with E-state index in [9.17, 15) is 10.2 Å². The molecule has 1 aromatic rings. The molecular formula is C15H24N2O2. The Morgan fingerprint density at radius 1 is 1.32 bits per heavy atom. The van der Waals surface area contributed by atoms with Crippen LogP contribution in [-0.2, 0) is 6.54 Å². The van der Waals surface area contributed by atoms with Crippen molar-refractivity contribution >= 4 is 0 Å². The van der Waals surface area contributed by atoms with E-state index in [4.69, 9.17) is 0 Å². The van der Waals surface area contributed by atoms with Crippen LogP contribution in [0.5, 0.6) is 11.5 Å². The van der Waals surface area contributed by atoms with Gasteiger partial charge < -0.3 is 15.5 Å². The average molecular weight is 264 g/mol. The van der Waals surface area contributed by atoms with Crippen LogP contribution in [0.1, 0.15) is 31.7 Å². The molecule has 1 aliphatic rings. The van der Waals surface area contributed by atoms with E-state index in [-0.39, 0.29) is 11.5 Å². The molecule has 1 atom stereocenters. The molecule has 1 aromatic carbocycles. The number of nitrogens with zero attached hydrogens (tertiary/aromatic N) is 1. The third-order valence-electron chi connectivity index (χ3n) is 3.72. The topological polar surface area (TPSA) is 55.7 Å². The molecule has 1 saturated heterocycles. The smallest absolute Gasteiger partial charge is 0.157 e. The summed E-state index contributed by atoms with van der Waals surface area (Å²) in [4.78, 5) is 2.47. The Hall–Kier alpha value is -1.26. The molecule has 1 unspecified atom stereocenters. The maximum atomic E-state index is 9.57. The largest absolute Gasteiger partial charge is 0.504 e. The van der Waals surface area contributed by atoms with Gasteiger partial charge in [0.2, 0.25) is 0 Å². The summed E-state index contributed by atoms with van der Waals surface area (Å²) < 4.78 is 0. The number of benzene rings is 1. The van der Waals surface area contributed by atoms with Crippen LogP contribution in [0.4, 0.5) is 0 Å². The van der Waals surface area contributed by atoms with Crippen molar-refractivity contribution in [3.05, 3.63) is 23.8 Å². The predicted molar refractivity (Wildman–Crippen MR) is 76.4 cm³/mol. The van der Waals surface area contributed by atoms with Crippen molar-refractivity contribution in [1.29, 1.82) is 0 Å². The van der Waals surface area contributed by atoms with Gasteiger partial charge in [0.25, 0.3) is 0 Å². The highest BCUT2D eigenvalue weighted by molar-refractivity contribution is 5.40.